The van der Waals surface area contributed by atoms with Crippen LogP contribution in [0.3, 0.4) is 0 Å². The molecule has 3 rings (SSSR count). The topological polar surface area (TPSA) is 64.0 Å². The molecule has 0 atom stereocenters. The van der Waals surface area contributed by atoms with E-state index in [1.54, 1.807) is 4.90 Å². The van der Waals surface area contributed by atoms with Crippen LogP contribution in [-0.4, -0.2) is 51.5 Å². The molecule has 2 fully saturated rings. The van der Waals surface area contributed by atoms with Gasteiger partial charge in [-0.15, -0.1) is 0 Å². The third kappa shape index (κ3) is 3.42. The number of hydrogen-bond donors (Lipinski definition) is 2. The molecule has 1 aliphatic carbocycles. The normalized spacial score (nSPS) is 26.4. The van der Waals surface area contributed by atoms with Crippen molar-refractivity contribution in [3.63, 3.8) is 0 Å². The molecule has 1 saturated heterocycles. The minimum absolute atomic E-state index is 0.0434. The molecule has 1 aromatic carbocycles. The van der Waals surface area contributed by atoms with Gasteiger partial charge in [-0.05, 0) is 43.6 Å². The largest absolute Gasteiger partial charge is 0.465 e. The quantitative estimate of drug-likeness (QED) is 0.898. The lowest BCUT2D eigenvalue weighted by Gasteiger charge is -2.46. The Kier molecular flexibility index (Phi) is 4.64. The van der Waals surface area contributed by atoms with Gasteiger partial charge in [0.2, 0.25) is 0 Å². The number of nitrogens with zero attached hydrogens (tertiary/aromatic N) is 2. The predicted octanol–water partition coefficient (Wildman–Crippen LogP) is 2.84. The third-order valence-electron chi connectivity index (χ3n) is 5.03. The first-order valence-electron chi connectivity index (χ1n) is 8.12. The molecule has 0 spiro atoms. The first-order chi connectivity index (χ1) is 10.6. The Morgan fingerprint density at radius 2 is 1.73 bits per heavy atom. The summed E-state index contributed by atoms with van der Waals surface area (Å²) in [6.07, 6.45) is 4.29. The molecular weight excluding hydrogens is 280 g/mol. The zero-order valence-electron chi connectivity index (χ0n) is 12.8. The second-order valence-electron chi connectivity index (χ2n) is 6.58. The fraction of sp³-hybridized carbons (Fsp3) is 0.588. The molecule has 5 heteroatoms. The van der Waals surface area contributed by atoms with E-state index in [0.29, 0.717) is 19.0 Å². The summed E-state index contributed by atoms with van der Waals surface area (Å²) in [5, 5.41) is 19.9. The van der Waals surface area contributed by atoms with Crippen molar-refractivity contribution in [1.82, 2.24) is 9.96 Å². The highest BCUT2D eigenvalue weighted by Crippen LogP contribution is 2.32. The number of benzene rings is 1. The molecule has 120 valence electrons. The van der Waals surface area contributed by atoms with Gasteiger partial charge in [-0.1, -0.05) is 30.3 Å². The molecule has 1 aromatic rings. The van der Waals surface area contributed by atoms with E-state index in [1.807, 2.05) is 6.07 Å². The zero-order valence-corrected chi connectivity index (χ0v) is 12.8. The Morgan fingerprint density at radius 1 is 1.09 bits per heavy atom. The number of carboxylic acid groups (broad SMARTS) is 1. The Hall–Kier alpha value is -1.59. The van der Waals surface area contributed by atoms with E-state index >= 15 is 0 Å². The van der Waals surface area contributed by atoms with Crippen molar-refractivity contribution in [3.05, 3.63) is 35.9 Å². The van der Waals surface area contributed by atoms with Gasteiger partial charge >= 0.3 is 6.09 Å². The van der Waals surface area contributed by atoms with Crippen molar-refractivity contribution in [2.24, 2.45) is 5.92 Å². The highest BCUT2D eigenvalue weighted by molar-refractivity contribution is 5.66. The van der Waals surface area contributed by atoms with Crippen LogP contribution in [0.1, 0.15) is 31.2 Å². The minimum Gasteiger partial charge on any atom is -0.465 e. The summed E-state index contributed by atoms with van der Waals surface area (Å²) in [5.41, 5.74) is 1.37. The molecule has 0 bridgehead atoms. The van der Waals surface area contributed by atoms with Crippen LogP contribution in [0.4, 0.5) is 4.79 Å². The number of carbonyl (C=O) groups is 1. The second kappa shape index (κ2) is 6.67. The summed E-state index contributed by atoms with van der Waals surface area (Å²) < 4.78 is 0. The van der Waals surface area contributed by atoms with Gasteiger partial charge in [0.05, 0.1) is 6.04 Å². The van der Waals surface area contributed by atoms with Crippen LogP contribution in [0.2, 0.25) is 0 Å². The van der Waals surface area contributed by atoms with Gasteiger partial charge in [0.25, 0.3) is 0 Å². The summed E-state index contributed by atoms with van der Waals surface area (Å²) in [6, 6.07) is 10.6. The van der Waals surface area contributed by atoms with E-state index in [1.165, 1.54) is 10.6 Å². The van der Waals surface area contributed by atoms with E-state index < -0.39 is 6.09 Å². The number of rotatable bonds is 4. The Balaban J connectivity index is 1.53. The maximum Gasteiger partial charge on any atom is 0.407 e. The molecule has 22 heavy (non-hydrogen) atoms. The van der Waals surface area contributed by atoms with Crippen LogP contribution in [0.5, 0.6) is 0 Å². The third-order valence-corrected chi connectivity index (χ3v) is 5.03. The molecule has 5 nitrogen and oxygen atoms in total. The molecule has 1 saturated carbocycles. The Bertz CT molecular complexity index is 494. The molecule has 0 aromatic heterocycles. The van der Waals surface area contributed by atoms with Gasteiger partial charge < -0.3 is 10.3 Å². The lowest BCUT2D eigenvalue weighted by Crippen LogP contribution is -2.62. The fourth-order valence-corrected chi connectivity index (χ4v) is 3.79. The molecule has 1 amide bonds. The average Bonchev–Trinajstić information content (AvgIpc) is 2.48. The van der Waals surface area contributed by atoms with Gasteiger partial charge in [0, 0.05) is 19.1 Å². The van der Waals surface area contributed by atoms with Gasteiger partial charge in [0.15, 0.2) is 0 Å². The summed E-state index contributed by atoms with van der Waals surface area (Å²) in [4.78, 5) is 13.1. The van der Waals surface area contributed by atoms with Crippen LogP contribution in [-0.2, 0) is 6.42 Å². The Labute approximate surface area is 131 Å². The van der Waals surface area contributed by atoms with Crippen molar-refractivity contribution >= 4 is 6.09 Å². The van der Waals surface area contributed by atoms with Crippen LogP contribution < -0.4 is 0 Å². The summed E-state index contributed by atoms with van der Waals surface area (Å²) in [5.74, 6) is 0.657. The molecule has 1 aliphatic heterocycles. The lowest BCUT2D eigenvalue weighted by molar-refractivity contribution is -0.176. The van der Waals surface area contributed by atoms with Crippen molar-refractivity contribution in [3.8, 4) is 0 Å². The highest BCUT2D eigenvalue weighted by atomic mass is 16.5. The minimum atomic E-state index is -0.843. The van der Waals surface area contributed by atoms with E-state index in [2.05, 4.69) is 24.3 Å². The van der Waals surface area contributed by atoms with Crippen LogP contribution in [0, 0.1) is 5.92 Å². The summed E-state index contributed by atoms with van der Waals surface area (Å²) in [7, 11) is 0. The SMILES string of the molecule is O=C(O)N(C1CCC(Cc2ccccc2)CC1)C1CN(O)C1. The van der Waals surface area contributed by atoms with E-state index in [4.69, 9.17) is 0 Å². The smallest absolute Gasteiger partial charge is 0.407 e. The first-order valence-corrected chi connectivity index (χ1v) is 8.12. The first kappa shape index (κ1) is 15.3. The number of amides is 1. The van der Waals surface area contributed by atoms with Gasteiger partial charge in [-0.2, -0.15) is 5.06 Å². The molecule has 0 unspecified atom stereocenters. The molecule has 0 radical (unpaired) electrons. The monoisotopic (exact) mass is 304 g/mol. The molecule has 2 aliphatic rings. The van der Waals surface area contributed by atoms with E-state index in [-0.39, 0.29) is 12.1 Å². The molecule has 2 N–H and O–H groups in total. The van der Waals surface area contributed by atoms with E-state index in [9.17, 15) is 15.1 Å². The van der Waals surface area contributed by atoms with Crippen LogP contribution >= 0.6 is 0 Å². The van der Waals surface area contributed by atoms with Crippen molar-refractivity contribution < 1.29 is 15.1 Å². The highest BCUT2D eigenvalue weighted by Gasteiger charge is 2.39. The van der Waals surface area contributed by atoms with Crippen molar-refractivity contribution in [2.75, 3.05) is 13.1 Å². The fourth-order valence-electron chi connectivity index (χ4n) is 3.79. The van der Waals surface area contributed by atoms with Gasteiger partial charge in [-0.3, -0.25) is 4.90 Å². The standard InChI is InChI=1S/C17H24N2O3/c20-17(21)19(16-11-18(22)12-16)15-8-6-14(7-9-15)10-13-4-2-1-3-5-13/h1-5,14-16,22H,6-12H2,(H,20,21). The number of hydroxylamine groups is 2. The zero-order chi connectivity index (χ0) is 15.5. The average molecular weight is 304 g/mol. The predicted molar refractivity (Wildman–Crippen MR) is 82.9 cm³/mol. The number of hydrogen-bond acceptors (Lipinski definition) is 3. The summed E-state index contributed by atoms with van der Waals surface area (Å²) >= 11 is 0. The molecule has 1 heterocycles. The maximum absolute atomic E-state index is 11.5. The molecular formula is C17H24N2O3. The second-order valence-corrected chi connectivity index (χ2v) is 6.58. The van der Waals surface area contributed by atoms with Gasteiger partial charge in [0.1, 0.15) is 0 Å². The maximum atomic E-state index is 11.5. The Morgan fingerprint density at radius 3 is 2.27 bits per heavy atom. The van der Waals surface area contributed by atoms with Crippen LogP contribution in [0.15, 0.2) is 30.3 Å². The van der Waals surface area contributed by atoms with Gasteiger partial charge in [-0.25, -0.2) is 4.79 Å². The van der Waals surface area contributed by atoms with Crippen molar-refractivity contribution in [1.29, 1.82) is 0 Å². The van der Waals surface area contributed by atoms with Crippen molar-refractivity contribution in [2.45, 2.75) is 44.2 Å². The van der Waals surface area contributed by atoms with Crippen LogP contribution in [0.25, 0.3) is 0 Å². The summed E-state index contributed by atoms with van der Waals surface area (Å²) in [6.45, 7) is 0.881. The lowest BCUT2D eigenvalue weighted by atomic mass is 9.81. The van der Waals surface area contributed by atoms with E-state index in [0.717, 1.165) is 32.1 Å².